The highest BCUT2D eigenvalue weighted by molar-refractivity contribution is 5.83. The number of rotatable bonds is 9. The fourth-order valence-corrected chi connectivity index (χ4v) is 5.90. The molecule has 6 rings (SSSR count). The fourth-order valence-electron chi connectivity index (χ4n) is 5.90. The van der Waals surface area contributed by atoms with Crippen molar-refractivity contribution in [3.05, 3.63) is 89.0 Å². The van der Waals surface area contributed by atoms with E-state index in [4.69, 9.17) is 37.9 Å². The van der Waals surface area contributed by atoms with Crippen LogP contribution in [0.25, 0.3) is 16.9 Å². The highest BCUT2D eigenvalue weighted by Crippen LogP contribution is 2.47. The Balaban J connectivity index is 1.41. The van der Waals surface area contributed by atoms with Gasteiger partial charge in [-0.05, 0) is 54.3 Å². The van der Waals surface area contributed by atoms with Crippen LogP contribution >= 0.6 is 0 Å². The standard InChI is InChI=1S/C36H36O8/c1-37-24-9-7-21-8-12-30(44-32(21)15-24)29-17-28(35(41-5)19-36(29)42-6)27-14-22-13-23(20-43-31(22)18-34(27)40-4)26-11-10-25(38-2)16-33(26)39-3/h7,9-12,14-19,23H,8,13,20H2,1-6H3. The first-order chi connectivity index (χ1) is 21.5. The summed E-state index contributed by atoms with van der Waals surface area (Å²) in [5, 5.41) is 0. The summed E-state index contributed by atoms with van der Waals surface area (Å²) in [6, 6.07) is 19.8. The second-order valence-corrected chi connectivity index (χ2v) is 10.6. The van der Waals surface area contributed by atoms with Crippen molar-refractivity contribution in [3.63, 3.8) is 0 Å². The number of methoxy groups -OCH3 is 6. The van der Waals surface area contributed by atoms with Gasteiger partial charge in [0.25, 0.3) is 0 Å². The number of allylic oxidation sites excluding steroid dienone is 1. The summed E-state index contributed by atoms with van der Waals surface area (Å²) in [5.41, 5.74) is 5.72. The van der Waals surface area contributed by atoms with Crippen molar-refractivity contribution in [2.24, 2.45) is 0 Å². The molecular formula is C36H36O8. The van der Waals surface area contributed by atoms with E-state index in [-0.39, 0.29) is 5.92 Å². The Labute approximate surface area is 257 Å². The minimum Gasteiger partial charge on any atom is -0.497 e. The molecule has 1 unspecified atom stereocenters. The quantitative estimate of drug-likeness (QED) is 0.203. The van der Waals surface area contributed by atoms with E-state index in [1.807, 2.05) is 54.6 Å². The third-order valence-corrected chi connectivity index (χ3v) is 8.25. The Bertz CT molecular complexity index is 1720. The number of ether oxygens (including phenoxy) is 8. The van der Waals surface area contributed by atoms with Gasteiger partial charge in [0.05, 0.1) is 54.8 Å². The Morgan fingerprint density at radius 3 is 1.95 bits per heavy atom. The van der Waals surface area contributed by atoms with Gasteiger partial charge in [-0.15, -0.1) is 0 Å². The molecule has 4 aromatic carbocycles. The Morgan fingerprint density at radius 1 is 0.568 bits per heavy atom. The average molecular weight is 597 g/mol. The molecule has 228 valence electrons. The second kappa shape index (κ2) is 12.3. The third kappa shape index (κ3) is 5.32. The summed E-state index contributed by atoms with van der Waals surface area (Å²) in [7, 11) is 9.92. The number of benzene rings is 4. The maximum atomic E-state index is 6.40. The predicted octanol–water partition coefficient (Wildman–Crippen LogP) is 7.10. The van der Waals surface area contributed by atoms with Crippen LogP contribution in [0.3, 0.4) is 0 Å². The third-order valence-electron chi connectivity index (χ3n) is 8.25. The van der Waals surface area contributed by atoms with Crippen LogP contribution in [-0.2, 0) is 12.8 Å². The molecule has 0 spiro atoms. The lowest BCUT2D eigenvalue weighted by Gasteiger charge is -2.28. The monoisotopic (exact) mass is 596 g/mol. The van der Waals surface area contributed by atoms with Crippen molar-refractivity contribution in [2.45, 2.75) is 18.8 Å². The van der Waals surface area contributed by atoms with E-state index in [0.29, 0.717) is 29.6 Å². The van der Waals surface area contributed by atoms with Gasteiger partial charge in [0.15, 0.2) is 0 Å². The summed E-state index contributed by atoms with van der Waals surface area (Å²) < 4.78 is 46.8. The molecule has 0 aromatic heterocycles. The van der Waals surface area contributed by atoms with Crippen LogP contribution in [0.2, 0.25) is 0 Å². The molecule has 0 aliphatic carbocycles. The summed E-state index contributed by atoms with van der Waals surface area (Å²) in [5.74, 6) is 6.55. The Kier molecular flexibility index (Phi) is 8.15. The van der Waals surface area contributed by atoms with Crippen molar-refractivity contribution in [3.8, 4) is 57.1 Å². The van der Waals surface area contributed by atoms with Crippen molar-refractivity contribution in [1.82, 2.24) is 0 Å². The van der Waals surface area contributed by atoms with Crippen molar-refractivity contribution < 1.29 is 37.9 Å². The topological polar surface area (TPSA) is 73.8 Å². The molecule has 2 heterocycles. The van der Waals surface area contributed by atoms with E-state index in [0.717, 1.165) is 75.0 Å². The van der Waals surface area contributed by atoms with Crippen LogP contribution in [-0.4, -0.2) is 49.3 Å². The van der Waals surface area contributed by atoms with Crippen molar-refractivity contribution >= 4 is 5.76 Å². The van der Waals surface area contributed by atoms with Gasteiger partial charge in [0.2, 0.25) is 0 Å². The lowest BCUT2D eigenvalue weighted by atomic mass is 9.87. The van der Waals surface area contributed by atoms with Crippen molar-refractivity contribution in [2.75, 3.05) is 49.3 Å². The number of hydrogen-bond donors (Lipinski definition) is 0. The molecule has 8 heteroatoms. The Morgan fingerprint density at radius 2 is 1.23 bits per heavy atom. The minimum atomic E-state index is 0.0933. The van der Waals surface area contributed by atoms with Gasteiger partial charge in [0, 0.05) is 46.9 Å². The van der Waals surface area contributed by atoms with Crippen LogP contribution in [0.4, 0.5) is 0 Å². The molecule has 0 amide bonds. The largest absolute Gasteiger partial charge is 0.497 e. The first-order valence-electron chi connectivity index (χ1n) is 14.4. The van der Waals surface area contributed by atoms with Gasteiger partial charge in [-0.2, -0.15) is 0 Å². The molecular weight excluding hydrogens is 560 g/mol. The molecule has 0 saturated carbocycles. The first-order valence-corrected chi connectivity index (χ1v) is 14.4. The summed E-state index contributed by atoms with van der Waals surface area (Å²) in [4.78, 5) is 0. The molecule has 44 heavy (non-hydrogen) atoms. The highest BCUT2D eigenvalue weighted by Gasteiger charge is 2.28. The summed E-state index contributed by atoms with van der Waals surface area (Å²) in [6.07, 6.45) is 3.54. The molecule has 8 nitrogen and oxygen atoms in total. The molecule has 2 aliphatic heterocycles. The molecule has 0 radical (unpaired) electrons. The zero-order valence-corrected chi connectivity index (χ0v) is 25.8. The van der Waals surface area contributed by atoms with Crippen LogP contribution < -0.4 is 37.9 Å². The number of fused-ring (bicyclic) bond motifs is 2. The molecule has 0 saturated heterocycles. The van der Waals surface area contributed by atoms with Crippen LogP contribution in [0, 0.1) is 0 Å². The highest BCUT2D eigenvalue weighted by atomic mass is 16.5. The van der Waals surface area contributed by atoms with Gasteiger partial charge < -0.3 is 37.9 Å². The van der Waals surface area contributed by atoms with Crippen LogP contribution in [0.5, 0.6) is 46.0 Å². The Hall–Kier alpha value is -4.98. The lowest BCUT2D eigenvalue weighted by Crippen LogP contribution is -2.20. The molecule has 1 atom stereocenters. The van der Waals surface area contributed by atoms with E-state index in [2.05, 4.69) is 12.1 Å². The predicted molar refractivity (Wildman–Crippen MR) is 168 cm³/mol. The first kappa shape index (κ1) is 29.1. The molecule has 0 bridgehead atoms. The zero-order valence-electron chi connectivity index (χ0n) is 25.8. The molecule has 4 aromatic rings. The second-order valence-electron chi connectivity index (χ2n) is 10.6. The summed E-state index contributed by atoms with van der Waals surface area (Å²) in [6.45, 7) is 0.520. The van der Waals surface area contributed by atoms with E-state index in [9.17, 15) is 0 Å². The van der Waals surface area contributed by atoms with Gasteiger partial charge in [-0.1, -0.05) is 12.1 Å². The van der Waals surface area contributed by atoms with Crippen LogP contribution in [0.1, 0.15) is 28.2 Å². The SMILES string of the molecule is COc1ccc2c(c1)OC(c1cc(-c3cc4c(cc3OC)OCC(c3ccc(OC)cc3OC)C4)c(OC)cc1OC)=CC2. The van der Waals surface area contributed by atoms with E-state index >= 15 is 0 Å². The van der Waals surface area contributed by atoms with Gasteiger partial charge >= 0.3 is 0 Å². The summed E-state index contributed by atoms with van der Waals surface area (Å²) >= 11 is 0. The maximum absolute atomic E-state index is 6.40. The van der Waals surface area contributed by atoms with Gasteiger partial charge in [-0.25, -0.2) is 0 Å². The van der Waals surface area contributed by atoms with E-state index in [1.165, 1.54) is 0 Å². The molecule has 0 fully saturated rings. The minimum absolute atomic E-state index is 0.0933. The smallest absolute Gasteiger partial charge is 0.134 e. The van der Waals surface area contributed by atoms with Crippen molar-refractivity contribution in [1.29, 1.82) is 0 Å². The molecule has 2 aliphatic rings. The van der Waals surface area contributed by atoms with Crippen LogP contribution in [0.15, 0.2) is 66.7 Å². The van der Waals surface area contributed by atoms with Gasteiger partial charge in [-0.3, -0.25) is 0 Å². The number of hydrogen-bond acceptors (Lipinski definition) is 8. The fraction of sp³-hybridized carbons (Fsp3) is 0.278. The normalized spacial score (nSPS) is 15.0. The maximum Gasteiger partial charge on any atom is 0.134 e. The lowest BCUT2D eigenvalue weighted by molar-refractivity contribution is 0.257. The van der Waals surface area contributed by atoms with E-state index < -0.39 is 0 Å². The van der Waals surface area contributed by atoms with Gasteiger partial charge in [0.1, 0.15) is 51.8 Å². The van der Waals surface area contributed by atoms with E-state index in [1.54, 1.807) is 42.7 Å². The average Bonchev–Trinajstić information content (AvgIpc) is 3.09. The molecule has 0 N–H and O–H groups in total. The zero-order chi connectivity index (χ0) is 30.8.